The molecule has 2 atom stereocenters. The number of fused-ring (bicyclic) bond motifs is 2. The molecule has 66 valence electrons. The Morgan fingerprint density at radius 1 is 1.42 bits per heavy atom. The molecule has 0 amide bonds. The molecule has 2 rings (SSSR count). The molecule has 0 radical (unpaired) electrons. The maximum absolute atomic E-state index is 11.4. The lowest BCUT2D eigenvalue weighted by Crippen LogP contribution is -2.28. The van der Waals surface area contributed by atoms with Gasteiger partial charge in [-0.25, -0.2) is 0 Å². The number of rotatable bonds is 1. The predicted molar refractivity (Wildman–Crippen MR) is 45.5 cm³/mol. The van der Waals surface area contributed by atoms with Crippen LogP contribution in [-0.2, 0) is 9.53 Å². The number of carbonyl (C=O) groups excluding carboxylic acids is 1. The average molecular weight is 166 g/mol. The van der Waals surface area contributed by atoms with Crippen LogP contribution in [-0.4, -0.2) is 12.9 Å². The molecule has 0 aromatic heterocycles. The van der Waals surface area contributed by atoms with Crippen molar-refractivity contribution in [3.63, 3.8) is 0 Å². The summed E-state index contributed by atoms with van der Waals surface area (Å²) in [6.45, 7) is 0. The van der Waals surface area contributed by atoms with Crippen molar-refractivity contribution >= 4 is 5.78 Å². The topological polar surface area (TPSA) is 26.3 Å². The molecule has 1 fully saturated rings. The lowest BCUT2D eigenvalue weighted by Gasteiger charge is -2.32. The van der Waals surface area contributed by atoms with E-state index in [1.54, 1.807) is 13.2 Å². The zero-order valence-corrected chi connectivity index (χ0v) is 7.38. The number of methoxy groups -OCH3 is 1. The highest BCUT2D eigenvalue weighted by Gasteiger charge is 2.33. The van der Waals surface area contributed by atoms with Gasteiger partial charge in [-0.2, -0.15) is 0 Å². The molecule has 2 unspecified atom stereocenters. The smallest absolute Gasteiger partial charge is 0.162 e. The van der Waals surface area contributed by atoms with Gasteiger partial charge in [0.25, 0.3) is 0 Å². The van der Waals surface area contributed by atoms with Crippen LogP contribution in [0.15, 0.2) is 11.8 Å². The molecule has 0 spiro atoms. The van der Waals surface area contributed by atoms with E-state index >= 15 is 0 Å². The predicted octanol–water partition coefficient (Wildman–Crippen LogP) is 1.91. The lowest BCUT2D eigenvalue weighted by molar-refractivity contribution is -0.120. The Kier molecular flexibility index (Phi) is 1.91. The Balaban J connectivity index is 2.24. The summed E-state index contributed by atoms with van der Waals surface area (Å²) in [4.78, 5) is 11.4. The van der Waals surface area contributed by atoms with E-state index in [9.17, 15) is 4.79 Å². The highest BCUT2D eigenvalue weighted by molar-refractivity contribution is 5.93. The molecule has 2 nitrogen and oxygen atoms in total. The quantitative estimate of drug-likeness (QED) is 0.594. The third kappa shape index (κ3) is 1.15. The lowest BCUT2D eigenvalue weighted by atomic mass is 9.74. The van der Waals surface area contributed by atoms with Crippen LogP contribution >= 0.6 is 0 Å². The van der Waals surface area contributed by atoms with Gasteiger partial charge in [0.1, 0.15) is 5.76 Å². The van der Waals surface area contributed by atoms with Crippen LogP contribution in [0.1, 0.15) is 25.7 Å². The Morgan fingerprint density at radius 2 is 2.17 bits per heavy atom. The molecule has 0 aromatic rings. The molecular weight excluding hydrogens is 152 g/mol. The first-order chi connectivity index (χ1) is 5.81. The fraction of sp³-hybridized carbons (Fsp3) is 0.700. The van der Waals surface area contributed by atoms with Gasteiger partial charge in [-0.1, -0.05) is 6.42 Å². The number of ketones is 1. The normalized spacial score (nSPS) is 34.4. The number of carbonyl (C=O) groups is 1. The van der Waals surface area contributed by atoms with Gasteiger partial charge in [-0.05, 0) is 19.3 Å². The third-order valence-electron chi connectivity index (χ3n) is 3.00. The number of hydrogen-bond donors (Lipinski definition) is 0. The zero-order valence-electron chi connectivity index (χ0n) is 7.38. The largest absolute Gasteiger partial charge is 0.501 e. The van der Waals surface area contributed by atoms with E-state index in [4.69, 9.17) is 4.74 Å². The summed E-state index contributed by atoms with van der Waals surface area (Å²) < 4.78 is 5.19. The molecule has 1 saturated carbocycles. The van der Waals surface area contributed by atoms with E-state index in [2.05, 4.69) is 0 Å². The van der Waals surface area contributed by atoms with Crippen molar-refractivity contribution in [2.75, 3.05) is 7.11 Å². The molecule has 0 aromatic carbocycles. The molecule has 0 aliphatic heterocycles. The molecule has 0 heterocycles. The maximum atomic E-state index is 11.4. The Morgan fingerprint density at radius 3 is 2.92 bits per heavy atom. The molecule has 0 N–H and O–H groups in total. The van der Waals surface area contributed by atoms with Crippen LogP contribution in [0, 0.1) is 11.8 Å². The summed E-state index contributed by atoms with van der Waals surface area (Å²) in [6.07, 6.45) is 6.20. The number of ether oxygens (including phenoxy) is 1. The van der Waals surface area contributed by atoms with Crippen molar-refractivity contribution in [3.05, 3.63) is 11.8 Å². The van der Waals surface area contributed by atoms with Gasteiger partial charge in [-0.3, -0.25) is 4.79 Å². The molecule has 2 bridgehead atoms. The van der Waals surface area contributed by atoms with Crippen molar-refractivity contribution < 1.29 is 9.53 Å². The van der Waals surface area contributed by atoms with Crippen molar-refractivity contribution in [3.8, 4) is 0 Å². The second-order valence-electron chi connectivity index (χ2n) is 3.71. The van der Waals surface area contributed by atoms with Crippen LogP contribution in [0.5, 0.6) is 0 Å². The zero-order chi connectivity index (χ0) is 8.55. The fourth-order valence-corrected chi connectivity index (χ4v) is 2.31. The van der Waals surface area contributed by atoms with E-state index in [-0.39, 0.29) is 5.78 Å². The average Bonchev–Trinajstić information content (AvgIpc) is 2.12. The molecule has 2 aliphatic rings. The fourth-order valence-electron chi connectivity index (χ4n) is 2.31. The van der Waals surface area contributed by atoms with Gasteiger partial charge in [0.05, 0.1) is 7.11 Å². The molecule has 2 heteroatoms. The van der Waals surface area contributed by atoms with Crippen LogP contribution in [0.2, 0.25) is 0 Å². The first kappa shape index (κ1) is 7.84. The van der Waals surface area contributed by atoms with Gasteiger partial charge in [-0.15, -0.1) is 0 Å². The van der Waals surface area contributed by atoms with Crippen molar-refractivity contribution in [2.45, 2.75) is 25.7 Å². The minimum absolute atomic E-state index is 0.280. The van der Waals surface area contributed by atoms with E-state index in [1.165, 1.54) is 12.8 Å². The minimum Gasteiger partial charge on any atom is -0.501 e. The summed E-state index contributed by atoms with van der Waals surface area (Å²) in [6, 6.07) is 0. The summed E-state index contributed by atoms with van der Waals surface area (Å²) in [5, 5.41) is 0. The standard InChI is InChI=1S/C10H14O2/c1-12-10-6-9(11)7-3-2-4-8(10)5-7/h6-8H,2-5H2,1H3. The Labute approximate surface area is 72.6 Å². The monoisotopic (exact) mass is 166 g/mol. The Hall–Kier alpha value is -0.790. The van der Waals surface area contributed by atoms with Crippen LogP contribution in [0.25, 0.3) is 0 Å². The van der Waals surface area contributed by atoms with Gasteiger partial charge in [0, 0.05) is 17.9 Å². The molecule has 2 aliphatic carbocycles. The minimum atomic E-state index is 0.280. The SMILES string of the molecule is COC1=CC(=O)C2CCCC1C2. The highest BCUT2D eigenvalue weighted by Crippen LogP contribution is 2.38. The molecule has 0 saturated heterocycles. The van der Waals surface area contributed by atoms with Crippen molar-refractivity contribution in [1.82, 2.24) is 0 Å². The van der Waals surface area contributed by atoms with E-state index in [0.29, 0.717) is 11.8 Å². The van der Waals surface area contributed by atoms with E-state index < -0.39 is 0 Å². The first-order valence-electron chi connectivity index (χ1n) is 4.60. The van der Waals surface area contributed by atoms with Crippen LogP contribution in [0.4, 0.5) is 0 Å². The summed E-state index contributed by atoms with van der Waals surface area (Å²) in [5.41, 5.74) is 0. The molecule has 12 heavy (non-hydrogen) atoms. The van der Waals surface area contributed by atoms with Gasteiger partial charge < -0.3 is 4.74 Å². The maximum Gasteiger partial charge on any atom is 0.162 e. The number of hydrogen-bond acceptors (Lipinski definition) is 2. The third-order valence-corrected chi connectivity index (χ3v) is 3.00. The van der Waals surface area contributed by atoms with Crippen molar-refractivity contribution in [1.29, 1.82) is 0 Å². The van der Waals surface area contributed by atoms with E-state index in [0.717, 1.165) is 18.6 Å². The first-order valence-corrected chi connectivity index (χ1v) is 4.60. The van der Waals surface area contributed by atoms with Crippen molar-refractivity contribution in [2.24, 2.45) is 11.8 Å². The summed E-state index contributed by atoms with van der Waals surface area (Å²) in [7, 11) is 1.66. The van der Waals surface area contributed by atoms with Gasteiger partial charge >= 0.3 is 0 Å². The number of allylic oxidation sites excluding steroid dienone is 2. The van der Waals surface area contributed by atoms with Gasteiger partial charge in [0.2, 0.25) is 0 Å². The van der Waals surface area contributed by atoms with E-state index in [1.807, 2.05) is 0 Å². The van der Waals surface area contributed by atoms with Gasteiger partial charge in [0.15, 0.2) is 5.78 Å². The van der Waals surface area contributed by atoms with Crippen LogP contribution < -0.4 is 0 Å². The second-order valence-corrected chi connectivity index (χ2v) is 3.71. The summed E-state index contributed by atoms with van der Waals surface area (Å²) in [5.74, 6) is 2.04. The van der Waals surface area contributed by atoms with Crippen LogP contribution in [0.3, 0.4) is 0 Å². The second kappa shape index (κ2) is 2.92. The summed E-state index contributed by atoms with van der Waals surface area (Å²) >= 11 is 0. The molecular formula is C10H14O2. The Bertz CT molecular complexity index is 230. The highest BCUT2D eigenvalue weighted by atomic mass is 16.5.